The largest absolute Gasteiger partial charge is 0.359 e. The Labute approximate surface area is 143 Å². The molecule has 1 aliphatic heterocycles. The average molecular weight is 323 g/mol. The Morgan fingerprint density at radius 1 is 1.29 bits per heavy atom. The van der Waals surface area contributed by atoms with Crippen LogP contribution < -0.4 is 0 Å². The SMILES string of the molecule is O=C(CC1CCCCC1)N1CC=C(c2c[nH]c3cccnc23)CC1. The van der Waals surface area contributed by atoms with Gasteiger partial charge in [0.1, 0.15) is 0 Å². The molecular formula is C20H25N3O. The molecule has 0 saturated heterocycles. The molecule has 0 radical (unpaired) electrons. The second-order valence-corrected chi connectivity index (χ2v) is 7.13. The molecule has 2 aliphatic rings. The van der Waals surface area contributed by atoms with Gasteiger partial charge in [-0.2, -0.15) is 0 Å². The molecule has 4 heteroatoms. The highest BCUT2D eigenvalue weighted by molar-refractivity contribution is 5.90. The molecule has 0 unspecified atom stereocenters. The molecule has 0 atom stereocenters. The summed E-state index contributed by atoms with van der Waals surface area (Å²) in [4.78, 5) is 22.4. The summed E-state index contributed by atoms with van der Waals surface area (Å²) in [5.41, 5.74) is 4.60. The summed E-state index contributed by atoms with van der Waals surface area (Å²) in [6.45, 7) is 1.57. The summed E-state index contributed by atoms with van der Waals surface area (Å²) >= 11 is 0. The Morgan fingerprint density at radius 3 is 2.96 bits per heavy atom. The van der Waals surface area contributed by atoms with Crippen molar-refractivity contribution in [2.75, 3.05) is 13.1 Å². The van der Waals surface area contributed by atoms with Crippen LogP contribution in [0.25, 0.3) is 16.6 Å². The lowest BCUT2D eigenvalue weighted by Crippen LogP contribution is -2.35. The van der Waals surface area contributed by atoms with Gasteiger partial charge in [-0.25, -0.2) is 0 Å². The van der Waals surface area contributed by atoms with Crippen LogP contribution in [0.3, 0.4) is 0 Å². The number of aromatic amines is 1. The molecule has 1 N–H and O–H groups in total. The number of hydrogen-bond acceptors (Lipinski definition) is 2. The van der Waals surface area contributed by atoms with Gasteiger partial charge >= 0.3 is 0 Å². The maximum Gasteiger partial charge on any atom is 0.223 e. The van der Waals surface area contributed by atoms with E-state index in [0.717, 1.165) is 37.0 Å². The summed E-state index contributed by atoms with van der Waals surface area (Å²) in [7, 11) is 0. The molecule has 2 aromatic heterocycles. The zero-order chi connectivity index (χ0) is 16.4. The first-order valence-corrected chi connectivity index (χ1v) is 9.20. The standard InChI is InChI=1S/C20H25N3O/c24-19(13-15-5-2-1-3-6-15)23-11-8-16(9-12-23)17-14-22-18-7-4-10-21-20(17)18/h4,7-8,10,14-15,22H,1-3,5-6,9,11-13H2. The first kappa shape index (κ1) is 15.4. The number of carbonyl (C=O) groups is 1. The topological polar surface area (TPSA) is 49.0 Å². The molecule has 2 aromatic rings. The first-order chi connectivity index (χ1) is 11.8. The van der Waals surface area contributed by atoms with Gasteiger partial charge in [-0.3, -0.25) is 9.78 Å². The quantitative estimate of drug-likeness (QED) is 0.922. The molecule has 0 spiro atoms. The predicted octanol–water partition coefficient (Wildman–Crippen LogP) is 4.15. The van der Waals surface area contributed by atoms with E-state index in [9.17, 15) is 4.79 Å². The van der Waals surface area contributed by atoms with Gasteiger partial charge in [0.2, 0.25) is 5.91 Å². The third kappa shape index (κ3) is 3.10. The number of rotatable bonds is 3. The van der Waals surface area contributed by atoms with Gasteiger partial charge in [0.05, 0.1) is 11.0 Å². The van der Waals surface area contributed by atoms with Crippen LogP contribution in [-0.2, 0) is 4.79 Å². The molecule has 1 fully saturated rings. The van der Waals surface area contributed by atoms with E-state index in [1.165, 1.54) is 43.2 Å². The van der Waals surface area contributed by atoms with Crippen molar-refractivity contribution in [3.63, 3.8) is 0 Å². The van der Waals surface area contributed by atoms with Crippen molar-refractivity contribution in [3.8, 4) is 0 Å². The first-order valence-electron chi connectivity index (χ1n) is 9.20. The number of amides is 1. The lowest BCUT2D eigenvalue weighted by molar-refractivity contribution is -0.132. The van der Waals surface area contributed by atoms with E-state index in [1.54, 1.807) is 0 Å². The number of fused-ring (bicyclic) bond motifs is 1. The Balaban J connectivity index is 1.42. The highest BCUT2D eigenvalue weighted by Gasteiger charge is 2.23. The van der Waals surface area contributed by atoms with Gasteiger partial charge in [-0.1, -0.05) is 25.3 Å². The van der Waals surface area contributed by atoms with Crippen LogP contribution in [0.2, 0.25) is 0 Å². The molecule has 4 nitrogen and oxygen atoms in total. The number of H-pyrrole nitrogens is 1. The smallest absolute Gasteiger partial charge is 0.223 e. The normalized spacial score (nSPS) is 19.5. The molecule has 1 amide bonds. The third-order valence-corrected chi connectivity index (χ3v) is 5.53. The highest BCUT2D eigenvalue weighted by Crippen LogP contribution is 2.30. The monoisotopic (exact) mass is 323 g/mol. The number of hydrogen-bond donors (Lipinski definition) is 1. The van der Waals surface area contributed by atoms with E-state index in [4.69, 9.17) is 0 Å². The summed E-state index contributed by atoms with van der Waals surface area (Å²) in [6, 6.07) is 4.00. The van der Waals surface area contributed by atoms with Crippen LogP contribution in [0, 0.1) is 5.92 Å². The van der Waals surface area contributed by atoms with Crippen molar-refractivity contribution >= 4 is 22.5 Å². The minimum atomic E-state index is 0.342. The van der Waals surface area contributed by atoms with Crippen LogP contribution in [0.15, 0.2) is 30.6 Å². The molecule has 1 aliphatic carbocycles. The Bertz CT molecular complexity index is 755. The Morgan fingerprint density at radius 2 is 2.17 bits per heavy atom. The van der Waals surface area contributed by atoms with Gasteiger partial charge < -0.3 is 9.88 Å². The second kappa shape index (κ2) is 6.80. The van der Waals surface area contributed by atoms with E-state index in [1.807, 2.05) is 23.4 Å². The van der Waals surface area contributed by atoms with E-state index >= 15 is 0 Å². The highest BCUT2D eigenvalue weighted by atomic mass is 16.2. The number of pyridine rings is 1. The fraction of sp³-hybridized carbons (Fsp3) is 0.500. The number of aromatic nitrogens is 2. The van der Waals surface area contributed by atoms with Gasteiger partial charge in [0.25, 0.3) is 0 Å². The maximum atomic E-state index is 12.6. The maximum absolute atomic E-state index is 12.6. The predicted molar refractivity (Wildman–Crippen MR) is 96.5 cm³/mol. The van der Waals surface area contributed by atoms with Gasteiger partial charge in [-0.05, 0) is 42.9 Å². The van der Waals surface area contributed by atoms with Crippen LogP contribution in [0.4, 0.5) is 0 Å². The molecule has 126 valence electrons. The van der Waals surface area contributed by atoms with E-state index in [2.05, 4.69) is 22.1 Å². The van der Waals surface area contributed by atoms with Gasteiger partial charge in [-0.15, -0.1) is 0 Å². The fourth-order valence-electron chi connectivity index (χ4n) is 4.11. The molecular weight excluding hydrogens is 298 g/mol. The third-order valence-electron chi connectivity index (χ3n) is 5.53. The number of carbonyl (C=O) groups excluding carboxylic acids is 1. The van der Waals surface area contributed by atoms with Crippen LogP contribution in [0.1, 0.15) is 50.5 Å². The van der Waals surface area contributed by atoms with Crippen molar-refractivity contribution in [1.29, 1.82) is 0 Å². The summed E-state index contributed by atoms with van der Waals surface area (Å²) in [6.07, 6.45) is 14.2. The Kier molecular flexibility index (Phi) is 4.37. The molecule has 4 rings (SSSR count). The Hall–Kier alpha value is -2.10. The van der Waals surface area contributed by atoms with E-state index in [0.29, 0.717) is 11.8 Å². The zero-order valence-corrected chi connectivity index (χ0v) is 14.1. The molecule has 3 heterocycles. The molecule has 1 saturated carbocycles. The van der Waals surface area contributed by atoms with Gasteiger partial charge in [0.15, 0.2) is 0 Å². The fourth-order valence-corrected chi connectivity index (χ4v) is 4.11. The summed E-state index contributed by atoms with van der Waals surface area (Å²) in [5.74, 6) is 0.962. The van der Waals surface area contributed by atoms with Crippen LogP contribution in [0.5, 0.6) is 0 Å². The lowest BCUT2D eigenvalue weighted by Gasteiger charge is -2.29. The molecule has 0 aromatic carbocycles. The number of nitrogens with zero attached hydrogens (tertiary/aromatic N) is 2. The summed E-state index contributed by atoms with van der Waals surface area (Å²) < 4.78 is 0. The second-order valence-electron chi connectivity index (χ2n) is 7.13. The van der Waals surface area contributed by atoms with Crippen molar-refractivity contribution in [2.45, 2.75) is 44.9 Å². The van der Waals surface area contributed by atoms with Crippen molar-refractivity contribution in [3.05, 3.63) is 36.2 Å². The average Bonchev–Trinajstić information content (AvgIpc) is 3.07. The molecule has 0 bridgehead atoms. The zero-order valence-electron chi connectivity index (χ0n) is 14.1. The van der Waals surface area contributed by atoms with Gasteiger partial charge in [0, 0.05) is 37.5 Å². The molecule has 24 heavy (non-hydrogen) atoms. The van der Waals surface area contributed by atoms with Crippen LogP contribution >= 0.6 is 0 Å². The van der Waals surface area contributed by atoms with Crippen molar-refractivity contribution in [1.82, 2.24) is 14.9 Å². The number of nitrogens with one attached hydrogen (secondary N) is 1. The minimum Gasteiger partial charge on any atom is -0.359 e. The van der Waals surface area contributed by atoms with Crippen molar-refractivity contribution < 1.29 is 4.79 Å². The van der Waals surface area contributed by atoms with E-state index < -0.39 is 0 Å². The minimum absolute atomic E-state index is 0.342. The summed E-state index contributed by atoms with van der Waals surface area (Å²) in [5, 5.41) is 0. The van der Waals surface area contributed by atoms with E-state index in [-0.39, 0.29) is 0 Å². The van der Waals surface area contributed by atoms with Crippen LogP contribution in [-0.4, -0.2) is 33.9 Å². The van der Waals surface area contributed by atoms with Crippen molar-refractivity contribution in [2.24, 2.45) is 5.92 Å². The lowest BCUT2D eigenvalue weighted by atomic mass is 9.86.